The minimum atomic E-state index is -0.398. The van der Waals surface area contributed by atoms with E-state index < -0.39 is 5.97 Å². The van der Waals surface area contributed by atoms with E-state index in [4.69, 9.17) is 0 Å². The molecule has 0 radical (unpaired) electrons. The number of aromatic nitrogens is 3. The summed E-state index contributed by atoms with van der Waals surface area (Å²) in [4.78, 5) is 25.8. The van der Waals surface area contributed by atoms with Gasteiger partial charge in [-0.15, -0.1) is 10.2 Å². The lowest BCUT2D eigenvalue weighted by Gasteiger charge is -2.20. The van der Waals surface area contributed by atoms with Crippen LogP contribution in [-0.2, 0) is 17.7 Å². The maximum absolute atomic E-state index is 12.6. The Bertz CT molecular complexity index is 826. The Balaban J connectivity index is 1.39. The maximum Gasteiger partial charge on any atom is 0.337 e. The normalized spacial score (nSPS) is 16.6. The van der Waals surface area contributed by atoms with Crippen molar-refractivity contribution in [1.29, 1.82) is 0 Å². The molecule has 1 saturated carbocycles. The number of carbonyl (C=O) groups excluding carboxylic acids is 2. The number of carbonyl (C=O) groups is 2. The fraction of sp³-hybridized carbons (Fsp3) is 0.444. The Labute approximate surface area is 151 Å². The fourth-order valence-electron chi connectivity index (χ4n) is 3.20. The van der Waals surface area contributed by atoms with Gasteiger partial charge in [-0.3, -0.25) is 0 Å². The van der Waals surface area contributed by atoms with Crippen LogP contribution in [0.15, 0.2) is 24.3 Å². The van der Waals surface area contributed by atoms with Crippen LogP contribution in [0.3, 0.4) is 0 Å². The van der Waals surface area contributed by atoms with Crippen LogP contribution in [0.2, 0.25) is 0 Å². The molecule has 2 aromatic rings. The number of amides is 2. The van der Waals surface area contributed by atoms with Crippen molar-refractivity contribution in [2.45, 2.75) is 31.7 Å². The van der Waals surface area contributed by atoms with E-state index in [9.17, 15) is 9.59 Å². The molecule has 1 aromatic carbocycles. The fourth-order valence-corrected chi connectivity index (χ4v) is 3.20. The minimum Gasteiger partial charge on any atom is -0.465 e. The molecule has 0 unspecified atom stereocenters. The molecule has 1 aliphatic carbocycles. The molecule has 0 bridgehead atoms. The van der Waals surface area contributed by atoms with Crippen LogP contribution < -0.4 is 5.32 Å². The molecule has 8 heteroatoms. The van der Waals surface area contributed by atoms with Crippen molar-refractivity contribution in [2.75, 3.05) is 25.5 Å². The number of methoxy groups -OCH3 is 1. The molecule has 0 saturated heterocycles. The summed E-state index contributed by atoms with van der Waals surface area (Å²) in [6.45, 7) is 1.95. The number of hydrogen-bond acceptors (Lipinski definition) is 5. The first kappa shape index (κ1) is 16.6. The number of nitrogens with zero attached hydrogens (tertiary/aromatic N) is 4. The van der Waals surface area contributed by atoms with Crippen molar-refractivity contribution >= 4 is 17.7 Å². The summed E-state index contributed by atoms with van der Waals surface area (Å²) in [6, 6.07) is 6.51. The first-order valence-electron chi connectivity index (χ1n) is 8.82. The van der Waals surface area contributed by atoms with Gasteiger partial charge in [-0.05, 0) is 37.1 Å². The van der Waals surface area contributed by atoms with Crippen LogP contribution in [0.5, 0.6) is 0 Å². The number of anilines is 1. The van der Waals surface area contributed by atoms with Crippen LogP contribution in [0, 0.1) is 0 Å². The van der Waals surface area contributed by atoms with Crippen molar-refractivity contribution in [3.63, 3.8) is 0 Å². The zero-order valence-corrected chi connectivity index (χ0v) is 14.6. The topological polar surface area (TPSA) is 89.3 Å². The van der Waals surface area contributed by atoms with Gasteiger partial charge in [-0.25, -0.2) is 9.59 Å². The van der Waals surface area contributed by atoms with Crippen molar-refractivity contribution in [3.05, 3.63) is 41.5 Å². The predicted molar refractivity (Wildman–Crippen MR) is 94.1 cm³/mol. The third kappa shape index (κ3) is 3.26. The number of hydrogen-bond donors (Lipinski definition) is 1. The number of nitrogens with one attached hydrogen (secondary N) is 1. The second-order valence-corrected chi connectivity index (χ2v) is 6.64. The highest BCUT2D eigenvalue weighted by atomic mass is 16.5. The summed E-state index contributed by atoms with van der Waals surface area (Å²) in [5, 5.41) is 11.5. The van der Waals surface area contributed by atoms with Gasteiger partial charge in [-0.1, -0.05) is 0 Å². The van der Waals surface area contributed by atoms with E-state index in [1.54, 1.807) is 29.2 Å². The van der Waals surface area contributed by atoms with Gasteiger partial charge in [0.05, 0.1) is 12.7 Å². The molecule has 1 aliphatic heterocycles. The average Bonchev–Trinajstić information content (AvgIpc) is 3.46. The van der Waals surface area contributed by atoms with Gasteiger partial charge in [0.25, 0.3) is 0 Å². The van der Waals surface area contributed by atoms with Gasteiger partial charge < -0.3 is 19.5 Å². The minimum absolute atomic E-state index is 0.150. The third-order valence-electron chi connectivity index (χ3n) is 4.84. The van der Waals surface area contributed by atoms with Gasteiger partial charge in [0.15, 0.2) is 0 Å². The summed E-state index contributed by atoms with van der Waals surface area (Å²) < 4.78 is 6.85. The monoisotopic (exact) mass is 355 g/mol. The number of fused-ring (bicyclic) bond motifs is 1. The SMILES string of the molecule is COC(=O)c1ccc(NC(=O)N2CCc3nnc(C4CC4)n3CC2)cc1. The molecule has 8 nitrogen and oxygen atoms in total. The third-order valence-corrected chi connectivity index (χ3v) is 4.84. The second-order valence-electron chi connectivity index (χ2n) is 6.64. The zero-order chi connectivity index (χ0) is 18.1. The van der Waals surface area contributed by atoms with Crippen molar-refractivity contribution in [1.82, 2.24) is 19.7 Å². The molecule has 1 fully saturated rings. The number of urea groups is 1. The highest BCUT2D eigenvalue weighted by molar-refractivity contribution is 5.92. The summed E-state index contributed by atoms with van der Waals surface area (Å²) in [5.41, 5.74) is 1.09. The Morgan fingerprint density at radius 3 is 2.58 bits per heavy atom. The Kier molecular flexibility index (Phi) is 4.32. The molecular weight excluding hydrogens is 334 g/mol. The van der Waals surface area contributed by atoms with Gasteiger partial charge in [0.2, 0.25) is 0 Å². The van der Waals surface area contributed by atoms with Crippen molar-refractivity contribution in [3.8, 4) is 0 Å². The average molecular weight is 355 g/mol. The van der Waals surface area contributed by atoms with Crippen LogP contribution in [0.1, 0.15) is 40.8 Å². The van der Waals surface area contributed by atoms with Gasteiger partial charge in [0, 0.05) is 37.7 Å². The maximum atomic E-state index is 12.6. The van der Waals surface area contributed by atoms with Crippen molar-refractivity contribution in [2.24, 2.45) is 0 Å². The molecule has 1 aromatic heterocycles. The lowest BCUT2D eigenvalue weighted by atomic mass is 10.2. The van der Waals surface area contributed by atoms with Crippen LogP contribution >= 0.6 is 0 Å². The van der Waals surface area contributed by atoms with Crippen LogP contribution in [0.4, 0.5) is 10.5 Å². The van der Waals surface area contributed by atoms with E-state index >= 15 is 0 Å². The quantitative estimate of drug-likeness (QED) is 0.851. The number of ether oxygens (including phenoxy) is 1. The number of benzene rings is 1. The van der Waals surface area contributed by atoms with Gasteiger partial charge in [0.1, 0.15) is 11.6 Å². The van der Waals surface area contributed by atoms with E-state index in [0.29, 0.717) is 36.7 Å². The van der Waals surface area contributed by atoms with Crippen LogP contribution in [-0.4, -0.2) is 51.9 Å². The molecule has 0 spiro atoms. The zero-order valence-electron chi connectivity index (χ0n) is 14.6. The predicted octanol–water partition coefficient (Wildman–Crippen LogP) is 2.03. The first-order chi connectivity index (χ1) is 12.7. The molecule has 1 N–H and O–H groups in total. The number of rotatable bonds is 3. The Morgan fingerprint density at radius 2 is 1.88 bits per heavy atom. The largest absolute Gasteiger partial charge is 0.465 e. The standard InChI is InChI=1S/C18H21N5O3/c1-26-17(24)13-4-6-14(7-5-13)19-18(25)22-9-8-15-20-21-16(12-2-3-12)23(15)11-10-22/h4-7,12H,2-3,8-11H2,1H3,(H,19,25). The molecule has 136 valence electrons. The van der Waals surface area contributed by atoms with E-state index in [1.165, 1.54) is 20.0 Å². The summed E-state index contributed by atoms with van der Waals surface area (Å²) >= 11 is 0. The Hall–Kier alpha value is -2.90. The van der Waals surface area contributed by atoms with E-state index in [-0.39, 0.29) is 6.03 Å². The molecule has 0 atom stereocenters. The summed E-state index contributed by atoms with van der Waals surface area (Å²) in [7, 11) is 1.34. The molecule has 4 rings (SSSR count). The Morgan fingerprint density at radius 1 is 1.12 bits per heavy atom. The summed E-state index contributed by atoms with van der Waals surface area (Å²) in [5.74, 6) is 2.18. The van der Waals surface area contributed by atoms with Gasteiger partial charge in [-0.2, -0.15) is 0 Å². The van der Waals surface area contributed by atoms with E-state index in [2.05, 4.69) is 24.8 Å². The second kappa shape index (κ2) is 6.78. The summed E-state index contributed by atoms with van der Waals surface area (Å²) in [6.07, 6.45) is 3.07. The smallest absolute Gasteiger partial charge is 0.337 e. The molecular formula is C18H21N5O3. The lowest BCUT2D eigenvalue weighted by molar-refractivity contribution is 0.0600. The van der Waals surface area contributed by atoms with Crippen LogP contribution in [0.25, 0.3) is 0 Å². The molecule has 2 aliphatic rings. The molecule has 2 heterocycles. The van der Waals surface area contributed by atoms with Gasteiger partial charge >= 0.3 is 12.0 Å². The van der Waals surface area contributed by atoms with E-state index in [1.807, 2.05) is 0 Å². The highest BCUT2D eigenvalue weighted by Gasteiger charge is 2.31. The highest BCUT2D eigenvalue weighted by Crippen LogP contribution is 2.39. The van der Waals surface area contributed by atoms with E-state index in [0.717, 1.165) is 18.2 Å². The molecule has 2 amide bonds. The number of esters is 1. The molecule has 26 heavy (non-hydrogen) atoms. The van der Waals surface area contributed by atoms with Crippen molar-refractivity contribution < 1.29 is 14.3 Å². The first-order valence-corrected chi connectivity index (χ1v) is 8.82. The lowest BCUT2D eigenvalue weighted by Crippen LogP contribution is -2.37.